The van der Waals surface area contributed by atoms with E-state index in [4.69, 9.17) is 20.3 Å². The molecule has 2 aromatic carbocycles. The summed E-state index contributed by atoms with van der Waals surface area (Å²) in [4.78, 5) is 83.8. The highest BCUT2D eigenvalue weighted by atomic mass is 31.3. The summed E-state index contributed by atoms with van der Waals surface area (Å²) in [6.45, 7) is 4.00. The Bertz CT molecular complexity index is 2910. The number of amides is 2. The minimum Gasteiger partial charge on any atom is -0.382 e. The molecule has 3 aromatic rings. The number of allylic oxidation sites excluding steroid dienone is 5. The van der Waals surface area contributed by atoms with E-state index in [1.807, 2.05) is 52.5 Å². The van der Waals surface area contributed by atoms with Gasteiger partial charge in [-0.3, -0.25) is 18.7 Å². The van der Waals surface area contributed by atoms with E-state index in [1.165, 1.54) is 6.20 Å². The Morgan fingerprint density at radius 2 is 1.74 bits per heavy atom. The Kier molecular flexibility index (Phi) is 15.9. The lowest BCUT2D eigenvalue weighted by Gasteiger charge is -2.39. The van der Waals surface area contributed by atoms with Crippen molar-refractivity contribution in [1.82, 2.24) is 19.8 Å². The molecule has 2 heterocycles. The van der Waals surface area contributed by atoms with Gasteiger partial charge in [0.15, 0.2) is 5.71 Å². The molecule has 4 atom stereocenters. The fourth-order valence-electron chi connectivity index (χ4n) is 7.99. The lowest BCUT2D eigenvalue weighted by Crippen LogP contribution is -2.32. The Hall–Kier alpha value is -5.32. The zero-order valence-corrected chi connectivity index (χ0v) is 41.2. The maximum Gasteiger partial charge on any atom is 0.490 e. The van der Waals surface area contributed by atoms with Crippen LogP contribution in [0.4, 0.5) is 11.5 Å². The van der Waals surface area contributed by atoms with Gasteiger partial charge in [-0.05, 0) is 76.9 Å². The number of benzene rings is 2. The number of rotatable bonds is 16. The standard InChI is InChI=1S/C44H54N7O14P3/c1-44(2)36-24-29(48(3)4)16-19-34(36)40(35-20-17-30(49(5)6)25-37(35)44)32-13-8-9-14-33(32)42(53)50(7)23-11-15-38(52)46-22-10-12-28-26-51(43(54)47-41(28)45)39-21-18-31(63-39)27-62-67(58,59)65-68(60,61)64-66(55,56)57/h8-9,13-14,16-17,19-20,24-26,31,39H,11,15,18,21-23,27H2,1-7H3,(H6-,45,46,47,52,54,55,56,57,58,59,60,61)/p+1/t31-,39+/m0/s1. The first kappa shape index (κ1) is 52.1. The SMILES string of the molecule is CN(CCCC(=O)NCC#Cc1cn([C@H]2CC[C@@H](COP(=O)(O)OP(=O)(O)OP(=O)(O)O)O2)c(=O)nc1N)C(=O)c1ccccc1C1=C2C=CC(=[N+](C)C)C=C2C(C)(C)c2cc(N(C)C)ccc21. The lowest BCUT2D eigenvalue weighted by atomic mass is 9.64. The average Bonchev–Trinajstić information content (AvgIpc) is 3.72. The van der Waals surface area contributed by atoms with Crippen molar-refractivity contribution in [2.75, 3.05) is 65.6 Å². The number of anilines is 2. The minimum absolute atomic E-state index is 0.0768. The molecule has 3 aliphatic rings. The monoisotopic (exact) mass is 998 g/mol. The molecule has 364 valence electrons. The van der Waals surface area contributed by atoms with Crippen molar-refractivity contribution in [2.45, 2.75) is 57.3 Å². The van der Waals surface area contributed by atoms with E-state index in [9.17, 15) is 37.9 Å². The molecule has 21 nitrogen and oxygen atoms in total. The minimum atomic E-state index is -5.70. The van der Waals surface area contributed by atoms with Gasteiger partial charge < -0.3 is 45.2 Å². The zero-order chi connectivity index (χ0) is 49.9. The van der Waals surface area contributed by atoms with Gasteiger partial charge in [-0.15, -0.1) is 0 Å². The Labute approximate surface area is 393 Å². The van der Waals surface area contributed by atoms with Crippen molar-refractivity contribution in [3.8, 4) is 11.8 Å². The predicted octanol–water partition coefficient (Wildman–Crippen LogP) is 4.23. The lowest BCUT2D eigenvalue weighted by molar-refractivity contribution is -0.462. The normalized spacial score (nSPS) is 19.1. The van der Waals surface area contributed by atoms with Crippen molar-refractivity contribution >= 4 is 58.1 Å². The molecule has 2 unspecified atom stereocenters. The van der Waals surface area contributed by atoms with Crippen molar-refractivity contribution in [3.05, 3.63) is 116 Å². The molecular weight excluding hydrogens is 943 g/mol. The predicted molar refractivity (Wildman–Crippen MR) is 253 cm³/mol. The average molecular weight is 999 g/mol. The molecule has 0 radical (unpaired) electrons. The molecule has 0 spiro atoms. The number of hydrogen-bond donors (Lipinski definition) is 6. The summed E-state index contributed by atoms with van der Waals surface area (Å²) in [7, 11) is -6.85. The number of carbonyl (C=O) groups excluding carboxylic acids is 2. The first-order valence-electron chi connectivity index (χ1n) is 21.2. The number of hydrogen-bond acceptors (Lipinski definition) is 13. The Balaban J connectivity index is 1.06. The quantitative estimate of drug-likeness (QED) is 0.0665. The number of phosphoric ester groups is 1. The summed E-state index contributed by atoms with van der Waals surface area (Å²) in [6, 6.07) is 14.1. The molecule has 7 N–H and O–H groups in total. The van der Waals surface area contributed by atoms with Crippen LogP contribution < -0.4 is 21.6 Å². The molecule has 1 aromatic heterocycles. The highest BCUT2D eigenvalue weighted by Gasteiger charge is 2.42. The van der Waals surface area contributed by atoms with E-state index >= 15 is 0 Å². The smallest absolute Gasteiger partial charge is 0.382 e. The second-order valence-electron chi connectivity index (χ2n) is 17.1. The summed E-state index contributed by atoms with van der Waals surface area (Å²) in [6.07, 6.45) is 6.70. The third-order valence-electron chi connectivity index (χ3n) is 11.4. The van der Waals surface area contributed by atoms with E-state index in [1.54, 1.807) is 11.9 Å². The molecule has 24 heteroatoms. The third-order valence-corrected chi connectivity index (χ3v) is 15.2. The molecule has 68 heavy (non-hydrogen) atoms. The van der Waals surface area contributed by atoms with Gasteiger partial charge in [-0.25, -0.2) is 23.1 Å². The number of carbonyl (C=O) groups is 2. The van der Waals surface area contributed by atoms with Crippen molar-refractivity contribution < 1.29 is 65.3 Å². The Morgan fingerprint density at radius 1 is 1.01 bits per heavy atom. The van der Waals surface area contributed by atoms with Gasteiger partial charge in [0.2, 0.25) is 5.91 Å². The van der Waals surface area contributed by atoms with Crippen LogP contribution in [-0.4, -0.2) is 117 Å². The van der Waals surface area contributed by atoms with Gasteiger partial charge in [-0.2, -0.15) is 13.6 Å². The van der Waals surface area contributed by atoms with E-state index in [0.29, 0.717) is 18.5 Å². The van der Waals surface area contributed by atoms with Crippen LogP contribution >= 0.6 is 23.5 Å². The first-order valence-corrected chi connectivity index (χ1v) is 25.7. The number of nitrogens with one attached hydrogen (secondary N) is 1. The number of ether oxygens (including phenoxy) is 1. The first-order chi connectivity index (χ1) is 31.8. The summed E-state index contributed by atoms with van der Waals surface area (Å²) >= 11 is 0. The number of fused-ring (bicyclic) bond motifs is 2. The summed E-state index contributed by atoms with van der Waals surface area (Å²) < 4.78 is 55.5. The van der Waals surface area contributed by atoms with E-state index in [2.05, 4.69) is 95.0 Å². The van der Waals surface area contributed by atoms with Crippen LogP contribution in [0.1, 0.15) is 78.4 Å². The largest absolute Gasteiger partial charge is 0.490 e. The highest BCUT2D eigenvalue weighted by molar-refractivity contribution is 7.66. The van der Waals surface area contributed by atoms with Crippen molar-refractivity contribution in [1.29, 1.82) is 0 Å². The van der Waals surface area contributed by atoms with E-state index in [-0.39, 0.29) is 54.4 Å². The van der Waals surface area contributed by atoms with Crippen molar-refractivity contribution in [2.24, 2.45) is 0 Å². The number of phosphoric acid groups is 3. The van der Waals surface area contributed by atoms with Gasteiger partial charge in [0, 0.05) is 69.1 Å². The second kappa shape index (κ2) is 20.7. The third kappa shape index (κ3) is 12.5. The molecule has 1 saturated heterocycles. The van der Waals surface area contributed by atoms with Gasteiger partial charge in [-0.1, -0.05) is 50.0 Å². The number of nitrogens with zero attached hydrogens (tertiary/aromatic N) is 5. The molecular formula is C44H55N7O14P3+. The summed E-state index contributed by atoms with van der Waals surface area (Å²) in [5, 5.41) is 2.72. The molecule has 1 aliphatic heterocycles. The van der Waals surface area contributed by atoms with Crippen LogP contribution in [0.3, 0.4) is 0 Å². The van der Waals surface area contributed by atoms with Crippen LogP contribution in [0.15, 0.2) is 82.8 Å². The number of aromatic nitrogens is 2. The summed E-state index contributed by atoms with van der Waals surface area (Å²) in [5.41, 5.74) is 13.9. The fourth-order valence-corrected chi connectivity index (χ4v) is 11.0. The number of nitrogens with two attached hydrogens (primary N) is 1. The van der Waals surface area contributed by atoms with Gasteiger partial charge in [0.05, 0.1) is 24.8 Å². The van der Waals surface area contributed by atoms with Crippen LogP contribution in [0, 0.1) is 11.8 Å². The van der Waals surface area contributed by atoms with Gasteiger partial charge >= 0.3 is 29.2 Å². The van der Waals surface area contributed by atoms with Crippen LogP contribution in [0.5, 0.6) is 0 Å². The highest BCUT2D eigenvalue weighted by Crippen LogP contribution is 2.66. The maximum atomic E-state index is 14.2. The molecule has 0 saturated carbocycles. The second-order valence-corrected chi connectivity index (χ2v) is 21.5. The molecule has 2 aliphatic carbocycles. The van der Waals surface area contributed by atoms with E-state index in [0.717, 1.165) is 49.4 Å². The van der Waals surface area contributed by atoms with Crippen LogP contribution in [-0.2, 0) is 41.8 Å². The zero-order valence-electron chi connectivity index (χ0n) is 38.5. The van der Waals surface area contributed by atoms with Gasteiger partial charge in [0.1, 0.15) is 26.1 Å². The van der Waals surface area contributed by atoms with Crippen LogP contribution in [0.25, 0.3) is 5.57 Å². The molecule has 0 bridgehead atoms. The Morgan fingerprint density at radius 3 is 2.43 bits per heavy atom. The van der Waals surface area contributed by atoms with Crippen molar-refractivity contribution in [3.63, 3.8) is 0 Å². The molecule has 2 amide bonds. The molecule has 6 rings (SSSR count). The van der Waals surface area contributed by atoms with Crippen LogP contribution in [0.2, 0.25) is 0 Å². The number of nitrogen functional groups attached to an aromatic ring is 1. The topological polar surface area (TPSA) is 286 Å². The summed E-state index contributed by atoms with van der Waals surface area (Å²) in [5.74, 6) is 4.88. The van der Waals surface area contributed by atoms with Gasteiger partial charge in [0.25, 0.3) is 5.91 Å². The van der Waals surface area contributed by atoms with E-state index < -0.39 is 48.1 Å². The molecule has 1 fully saturated rings. The maximum absolute atomic E-state index is 14.2. The fraction of sp³-hybridized carbons (Fsp3) is 0.386.